The van der Waals surface area contributed by atoms with Gasteiger partial charge in [0.25, 0.3) is 5.91 Å². The number of amides is 1. The zero-order valence-electron chi connectivity index (χ0n) is 11.5. The minimum atomic E-state index is -0.705. The van der Waals surface area contributed by atoms with E-state index >= 15 is 0 Å². The lowest BCUT2D eigenvalue weighted by atomic mass is 10.2. The molecule has 5 nitrogen and oxygen atoms in total. The van der Waals surface area contributed by atoms with Crippen molar-refractivity contribution < 1.29 is 14.3 Å². The van der Waals surface area contributed by atoms with E-state index in [1.54, 1.807) is 32.2 Å². The second-order valence-corrected chi connectivity index (χ2v) is 4.53. The van der Waals surface area contributed by atoms with Crippen molar-refractivity contribution in [3.63, 3.8) is 0 Å². The van der Waals surface area contributed by atoms with Gasteiger partial charge in [-0.2, -0.15) is 5.26 Å². The van der Waals surface area contributed by atoms with Crippen molar-refractivity contribution in [1.82, 2.24) is 5.32 Å². The maximum atomic E-state index is 11.8. The maximum Gasteiger partial charge on any atom is 0.260 e. The summed E-state index contributed by atoms with van der Waals surface area (Å²) < 4.78 is 10.4. The van der Waals surface area contributed by atoms with Crippen LogP contribution in [0.25, 0.3) is 0 Å². The average Bonchev–Trinajstić information content (AvgIpc) is 2.43. The Kier molecular flexibility index (Phi) is 6.85. The third-order valence-electron chi connectivity index (χ3n) is 2.58. The molecular weight excluding hydrogens is 280 g/mol. The van der Waals surface area contributed by atoms with Gasteiger partial charge in [-0.3, -0.25) is 4.79 Å². The summed E-state index contributed by atoms with van der Waals surface area (Å²) in [7, 11) is 1.61. The van der Waals surface area contributed by atoms with Gasteiger partial charge in [0.15, 0.2) is 6.10 Å². The Labute approximate surface area is 123 Å². The second kappa shape index (κ2) is 8.41. The quantitative estimate of drug-likeness (QED) is 0.783. The topological polar surface area (TPSA) is 71.3 Å². The van der Waals surface area contributed by atoms with Gasteiger partial charge in [0.2, 0.25) is 0 Å². The summed E-state index contributed by atoms with van der Waals surface area (Å²) in [6.45, 7) is 2.72. The lowest BCUT2D eigenvalue weighted by molar-refractivity contribution is -0.127. The number of halogens is 1. The fraction of sp³-hybridized carbons (Fsp3) is 0.429. The number of nitrogens with one attached hydrogen (secondary N) is 1. The number of nitrogens with zero attached hydrogens (tertiary/aromatic N) is 1. The van der Waals surface area contributed by atoms with Gasteiger partial charge in [-0.1, -0.05) is 17.7 Å². The Morgan fingerprint density at radius 1 is 1.55 bits per heavy atom. The highest BCUT2D eigenvalue weighted by atomic mass is 35.5. The molecule has 0 saturated heterocycles. The minimum absolute atomic E-state index is 0.230. The highest BCUT2D eigenvalue weighted by Crippen LogP contribution is 2.26. The molecule has 0 aliphatic rings. The van der Waals surface area contributed by atoms with Crippen LogP contribution in [0.15, 0.2) is 18.2 Å². The lowest BCUT2D eigenvalue weighted by Crippen LogP contribution is -2.37. The smallest absolute Gasteiger partial charge is 0.260 e. The Morgan fingerprint density at radius 2 is 2.30 bits per heavy atom. The van der Waals surface area contributed by atoms with Crippen molar-refractivity contribution in [1.29, 1.82) is 5.26 Å². The number of ether oxygens (including phenoxy) is 2. The van der Waals surface area contributed by atoms with Crippen molar-refractivity contribution in [3.05, 3.63) is 28.8 Å². The van der Waals surface area contributed by atoms with Crippen LogP contribution in [0.5, 0.6) is 5.75 Å². The van der Waals surface area contributed by atoms with E-state index in [1.165, 1.54) is 0 Å². The molecule has 1 unspecified atom stereocenters. The second-order valence-electron chi connectivity index (χ2n) is 4.12. The molecule has 0 aliphatic carbocycles. The number of nitriles is 1. The Bertz CT molecular complexity index is 500. The summed E-state index contributed by atoms with van der Waals surface area (Å²) in [5.74, 6) is 0.0597. The van der Waals surface area contributed by atoms with Crippen LogP contribution < -0.4 is 10.1 Å². The molecule has 1 N–H and O–H groups in total. The normalized spacial score (nSPS) is 11.5. The van der Waals surface area contributed by atoms with Crippen LogP contribution in [-0.4, -0.2) is 32.3 Å². The van der Waals surface area contributed by atoms with Gasteiger partial charge in [0, 0.05) is 20.3 Å². The van der Waals surface area contributed by atoms with E-state index in [0.717, 1.165) is 6.42 Å². The van der Waals surface area contributed by atoms with E-state index in [9.17, 15) is 4.79 Å². The van der Waals surface area contributed by atoms with Gasteiger partial charge in [-0.15, -0.1) is 0 Å². The van der Waals surface area contributed by atoms with Crippen LogP contribution in [0, 0.1) is 11.3 Å². The zero-order valence-corrected chi connectivity index (χ0v) is 12.2. The highest BCUT2D eigenvalue weighted by molar-refractivity contribution is 6.31. The van der Waals surface area contributed by atoms with Crippen molar-refractivity contribution in [2.24, 2.45) is 0 Å². The first kappa shape index (κ1) is 16.3. The van der Waals surface area contributed by atoms with E-state index < -0.39 is 6.10 Å². The van der Waals surface area contributed by atoms with E-state index in [1.807, 2.05) is 6.07 Å². The molecule has 0 bridgehead atoms. The van der Waals surface area contributed by atoms with Crippen LogP contribution in [0.2, 0.25) is 5.02 Å². The standard InChI is InChI=1S/C14H17ClN2O3/c1-10(14(18)17-7-4-8-19-2)20-13-6-3-5-12(15)11(13)9-16/h3,5-6,10H,4,7-8H2,1-2H3,(H,17,18). The molecule has 1 aromatic carbocycles. The maximum absolute atomic E-state index is 11.8. The summed E-state index contributed by atoms with van der Waals surface area (Å²) in [4.78, 5) is 11.8. The summed E-state index contributed by atoms with van der Waals surface area (Å²) in [6.07, 6.45) is 0.0263. The molecule has 20 heavy (non-hydrogen) atoms. The number of hydrogen-bond acceptors (Lipinski definition) is 4. The van der Waals surface area contributed by atoms with Crippen molar-refractivity contribution in [2.45, 2.75) is 19.4 Å². The molecule has 0 saturated carbocycles. The molecule has 0 aliphatic heterocycles. The number of methoxy groups -OCH3 is 1. The van der Waals surface area contributed by atoms with Gasteiger partial charge in [-0.05, 0) is 25.5 Å². The Balaban J connectivity index is 2.58. The minimum Gasteiger partial charge on any atom is -0.479 e. The van der Waals surface area contributed by atoms with Crippen molar-refractivity contribution >= 4 is 17.5 Å². The van der Waals surface area contributed by atoms with E-state index in [2.05, 4.69) is 5.32 Å². The van der Waals surface area contributed by atoms with Gasteiger partial charge in [0.1, 0.15) is 17.4 Å². The number of carbonyl (C=O) groups excluding carboxylic acids is 1. The molecule has 1 amide bonds. The van der Waals surface area contributed by atoms with Crippen molar-refractivity contribution in [3.8, 4) is 11.8 Å². The van der Waals surface area contributed by atoms with E-state index in [0.29, 0.717) is 23.9 Å². The number of hydrogen-bond donors (Lipinski definition) is 1. The van der Waals surface area contributed by atoms with E-state index in [4.69, 9.17) is 26.3 Å². The summed E-state index contributed by atoms with van der Waals surface area (Å²) in [5, 5.41) is 12.1. The Hall–Kier alpha value is -1.77. The van der Waals surface area contributed by atoms with Gasteiger partial charge in [-0.25, -0.2) is 0 Å². The lowest BCUT2D eigenvalue weighted by Gasteiger charge is -2.15. The van der Waals surface area contributed by atoms with Crippen LogP contribution >= 0.6 is 11.6 Å². The average molecular weight is 297 g/mol. The highest BCUT2D eigenvalue weighted by Gasteiger charge is 2.17. The van der Waals surface area contributed by atoms with Gasteiger partial charge >= 0.3 is 0 Å². The molecule has 0 radical (unpaired) electrons. The van der Waals surface area contributed by atoms with Crippen molar-refractivity contribution in [2.75, 3.05) is 20.3 Å². The first-order valence-corrected chi connectivity index (χ1v) is 6.60. The molecule has 1 atom stereocenters. The summed E-state index contributed by atoms with van der Waals surface area (Å²) in [5.41, 5.74) is 0.230. The largest absolute Gasteiger partial charge is 0.479 e. The Morgan fingerprint density at radius 3 is 2.95 bits per heavy atom. The molecule has 0 fully saturated rings. The van der Waals surface area contributed by atoms with Crippen LogP contribution in [0.1, 0.15) is 18.9 Å². The van der Waals surface area contributed by atoms with Crippen LogP contribution in [-0.2, 0) is 9.53 Å². The number of rotatable bonds is 7. The molecule has 0 aromatic heterocycles. The van der Waals surface area contributed by atoms with Gasteiger partial charge in [0.05, 0.1) is 5.02 Å². The molecule has 0 spiro atoms. The number of benzene rings is 1. The predicted molar refractivity (Wildman–Crippen MR) is 75.8 cm³/mol. The summed E-state index contributed by atoms with van der Waals surface area (Å²) >= 11 is 5.89. The molecule has 108 valence electrons. The first-order valence-electron chi connectivity index (χ1n) is 6.22. The predicted octanol–water partition coefficient (Wildman–Crippen LogP) is 2.13. The van der Waals surface area contributed by atoms with Crippen LogP contribution in [0.3, 0.4) is 0 Å². The fourth-order valence-electron chi connectivity index (χ4n) is 1.53. The SMILES string of the molecule is COCCCNC(=O)C(C)Oc1cccc(Cl)c1C#N. The third kappa shape index (κ3) is 4.72. The molecule has 0 heterocycles. The fourth-order valence-corrected chi connectivity index (χ4v) is 1.73. The molecule has 1 rings (SSSR count). The third-order valence-corrected chi connectivity index (χ3v) is 2.90. The number of carbonyl (C=O) groups is 1. The first-order chi connectivity index (χ1) is 9.60. The van der Waals surface area contributed by atoms with E-state index in [-0.39, 0.29) is 11.5 Å². The monoisotopic (exact) mass is 296 g/mol. The molecule has 1 aromatic rings. The zero-order chi connectivity index (χ0) is 15.0. The summed E-state index contributed by atoms with van der Waals surface area (Å²) in [6, 6.07) is 6.84. The molecule has 6 heteroatoms. The van der Waals surface area contributed by atoms with Gasteiger partial charge < -0.3 is 14.8 Å². The van der Waals surface area contributed by atoms with Crippen LogP contribution in [0.4, 0.5) is 0 Å². The molecular formula is C14H17ClN2O3.